The Hall–Kier alpha value is -3.61. The van der Waals surface area contributed by atoms with Crippen LogP contribution in [0.4, 0.5) is 5.95 Å². The molecule has 1 atom stereocenters. The molecule has 0 fully saturated rings. The van der Waals surface area contributed by atoms with Crippen molar-refractivity contribution in [1.82, 2.24) is 14.8 Å². The average molecular weight is 375 g/mol. The van der Waals surface area contributed by atoms with Crippen LogP contribution in [0.15, 0.2) is 59.8 Å². The molecule has 1 amide bonds. The van der Waals surface area contributed by atoms with E-state index in [0.717, 1.165) is 22.4 Å². The maximum Gasteiger partial charge on any atom is 0.248 e. The molecule has 1 aromatic heterocycles. The number of primary amides is 1. The van der Waals surface area contributed by atoms with Crippen LogP contribution in [-0.4, -0.2) is 27.8 Å². The number of amides is 1. The summed E-state index contributed by atoms with van der Waals surface area (Å²) in [7, 11) is 1.62. The third-order valence-corrected chi connectivity index (χ3v) is 4.82. The summed E-state index contributed by atoms with van der Waals surface area (Å²) in [5, 5.41) is 7.85. The first-order valence-corrected chi connectivity index (χ1v) is 8.93. The van der Waals surface area contributed by atoms with Crippen LogP contribution in [0.25, 0.3) is 11.4 Å². The van der Waals surface area contributed by atoms with Crippen LogP contribution < -0.4 is 15.8 Å². The highest BCUT2D eigenvalue weighted by atomic mass is 16.5. The highest BCUT2D eigenvalue weighted by molar-refractivity contribution is 5.95. The van der Waals surface area contributed by atoms with Gasteiger partial charge in [0.25, 0.3) is 0 Å². The number of nitrogens with two attached hydrogens (primary N) is 1. The maximum absolute atomic E-state index is 12.2. The van der Waals surface area contributed by atoms with Gasteiger partial charge in [-0.2, -0.15) is 4.98 Å². The number of nitrogens with one attached hydrogen (secondary N) is 1. The van der Waals surface area contributed by atoms with E-state index in [9.17, 15) is 4.79 Å². The van der Waals surface area contributed by atoms with Gasteiger partial charge in [0.05, 0.1) is 12.7 Å². The van der Waals surface area contributed by atoms with Gasteiger partial charge in [-0.15, -0.1) is 5.10 Å². The molecule has 7 heteroatoms. The number of fused-ring (bicyclic) bond motifs is 1. The van der Waals surface area contributed by atoms with Crippen LogP contribution in [-0.2, 0) is 4.79 Å². The zero-order valence-electron chi connectivity index (χ0n) is 15.9. The summed E-state index contributed by atoms with van der Waals surface area (Å²) in [5.74, 6) is 1.40. The van der Waals surface area contributed by atoms with Gasteiger partial charge in [0.15, 0.2) is 5.82 Å². The van der Waals surface area contributed by atoms with E-state index in [-0.39, 0.29) is 0 Å². The smallest absolute Gasteiger partial charge is 0.248 e. The molecule has 7 nitrogen and oxygen atoms in total. The number of allylic oxidation sites excluding steroid dienone is 1. The number of aryl methyl sites for hydroxylation is 1. The van der Waals surface area contributed by atoms with Crippen LogP contribution in [0, 0.1) is 6.92 Å². The normalized spacial score (nSPS) is 15.8. The highest BCUT2D eigenvalue weighted by Gasteiger charge is 2.33. The van der Waals surface area contributed by atoms with Gasteiger partial charge in [-0.25, -0.2) is 4.68 Å². The topological polar surface area (TPSA) is 95.1 Å². The van der Waals surface area contributed by atoms with E-state index in [4.69, 9.17) is 15.6 Å². The number of methoxy groups -OCH3 is 1. The van der Waals surface area contributed by atoms with Crippen molar-refractivity contribution in [3.8, 4) is 17.1 Å². The number of carbonyl (C=O) groups is 1. The molecule has 0 radical (unpaired) electrons. The average Bonchev–Trinajstić information content (AvgIpc) is 3.10. The van der Waals surface area contributed by atoms with Crippen molar-refractivity contribution in [3.63, 3.8) is 0 Å². The van der Waals surface area contributed by atoms with Gasteiger partial charge >= 0.3 is 0 Å². The third kappa shape index (κ3) is 3.00. The van der Waals surface area contributed by atoms with Gasteiger partial charge in [0.1, 0.15) is 11.8 Å². The fourth-order valence-electron chi connectivity index (χ4n) is 3.48. The van der Waals surface area contributed by atoms with Gasteiger partial charge in [-0.1, -0.05) is 29.8 Å². The van der Waals surface area contributed by atoms with E-state index >= 15 is 0 Å². The van der Waals surface area contributed by atoms with Gasteiger partial charge in [0, 0.05) is 11.3 Å². The monoisotopic (exact) mass is 375 g/mol. The molecule has 0 aliphatic carbocycles. The van der Waals surface area contributed by atoms with Crippen molar-refractivity contribution < 1.29 is 9.53 Å². The molecule has 0 spiro atoms. The molecule has 2 aromatic carbocycles. The van der Waals surface area contributed by atoms with Gasteiger partial charge in [-0.05, 0) is 43.7 Å². The van der Waals surface area contributed by atoms with Crippen molar-refractivity contribution in [3.05, 3.63) is 70.9 Å². The fourth-order valence-corrected chi connectivity index (χ4v) is 3.48. The molecule has 0 saturated carbocycles. The Morgan fingerprint density at radius 3 is 2.57 bits per heavy atom. The van der Waals surface area contributed by atoms with Crippen LogP contribution >= 0.6 is 0 Å². The molecule has 3 N–H and O–H groups in total. The quantitative estimate of drug-likeness (QED) is 0.731. The zero-order chi connectivity index (χ0) is 19.8. The van der Waals surface area contributed by atoms with Crippen LogP contribution in [0.5, 0.6) is 5.75 Å². The highest BCUT2D eigenvalue weighted by Crippen LogP contribution is 2.36. The molecule has 2 heterocycles. The van der Waals surface area contributed by atoms with Crippen molar-refractivity contribution >= 4 is 11.9 Å². The molecular formula is C21H21N5O2. The number of ether oxygens (including phenoxy) is 1. The SMILES string of the molecule is COc1ccc(-c2nc3n(n2)[C@H](c2cccc(C)c2)C(C(N)=O)=C(C)N3)cc1. The van der Waals surface area contributed by atoms with E-state index in [1.54, 1.807) is 11.8 Å². The second-order valence-electron chi connectivity index (χ2n) is 6.78. The number of hydrogen-bond acceptors (Lipinski definition) is 5. The van der Waals surface area contributed by atoms with E-state index in [0.29, 0.717) is 23.0 Å². The first-order chi connectivity index (χ1) is 13.5. The minimum Gasteiger partial charge on any atom is -0.497 e. The molecular weight excluding hydrogens is 354 g/mol. The summed E-state index contributed by atoms with van der Waals surface area (Å²) in [6.07, 6.45) is 0. The first kappa shape index (κ1) is 17.8. The lowest BCUT2D eigenvalue weighted by molar-refractivity contribution is -0.115. The van der Waals surface area contributed by atoms with E-state index in [2.05, 4.69) is 10.3 Å². The second-order valence-corrected chi connectivity index (χ2v) is 6.78. The predicted octanol–water partition coefficient (Wildman–Crippen LogP) is 3.04. The number of rotatable bonds is 4. The summed E-state index contributed by atoms with van der Waals surface area (Å²) in [6.45, 7) is 3.84. The molecule has 0 unspecified atom stereocenters. The summed E-state index contributed by atoms with van der Waals surface area (Å²) in [4.78, 5) is 16.9. The molecule has 142 valence electrons. The van der Waals surface area contributed by atoms with Crippen LogP contribution in [0.3, 0.4) is 0 Å². The summed E-state index contributed by atoms with van der Waals surface area (Å²) in [5.41, 5.74) is 9.75. The van der Waals surface area contributed by atoms with Gasteiger partial charge in [0.2, 0.25) is 11.9 Å². The number of benzene rings is 2. The van der Waals surface area contributed by atoms with Gasteiger partial charge < -0.3 is 15.8 Å². The Labute approximate surface area is 162 Å². The third-order valence-electron chi connectivity index (χ3n) is 4.82. The Morgan fingerprint density at radius 1 is 1.18 bits per heavy atom. The lowest BCUT2D eigenvalue weighted by atomic mass is 9.94. The second kappa shape index (κ2) is 6.84. The summed E-state index contributed by atoms with van der Waals surface area (Å²) >= 11 is 0. The Kier molecular flexibility index (Phi) is 4.35. The number of nitrogens with zero attached hydrogens (tertiary/aromatic N) is 3. The largest absolute Gasteiger partial charge is 0.497 e. The summed E-state index contributed by atoms with van der Waals surface area (Å²) < 4.78 is 6.93. The minimum absolute atomic E-state index is 0.437. The standard InChI is InChI=1S/C21H21N5O2/c1-12-5-4-6-15(11-12)18-17(19(22)27)13(2)23-21-24-20(25-26(18)21)14-7-9-16(28-3)10-8-14/h4-11,18H,1-3H3,(H2,22,27)(H,23,24,25)/t18-/m1/s1. The lowest BCUT2D eigenvalue weighted by Crippen LogP contribution is -2.31. The number of carbonyl (C=O) groups excluding carboxylic acids is 1. The number of aromatic nitrogens is 3. The number of hydrogen-bond donors (Lipinski definition) is 2. The minimum atomic E-state index is -0.483. The van der Waals surface area contributed by atoms with Crippen molar-refractivity contribution in [2.45, 2.75) is 19.9 Å². The molecule has 0 bridgehead atoms. The molecule has 4 rings (SSSR count). The van der Waals surface area contributed by atoms with Crippen molar-refractivity contribution in [1.29, 1.82) is 0 Å². The fraction of sp³-hybridized carbons (Fsp3) is 0.190. The van der Waals surface area contributed by atoms with Crippen LogP contribution in [0.2, 0.25) is 0 Å². The van der Waals surface area contributed by atoms with Crippen molar-refractivity contribution in [2.75, 3.05) is 12.4 Å². The van der Waals surface area contributed by atoms with Gasteiger partial charge in [-0.3, -0.25) is 4.79 Å². The van der Waals surface area contributed by atoms with E-state index in [1.165, 1.54) is 0 Å². The van der Waals surface area contributed by atoms with E-state index < -0.39 is 11.9 Å². The Morgan fingerprint density at radius 2 is 1.93 bits per heavy atom. The first-order valence-electron chi connectivity index (χ1n) is 8.93. The predicted molar refractivity (Wildman–Crippen MR) is 107 cm³/mol. The molecule has 1 aliphatic heterocycles. The Bertz CT molecular complexity index is 1080. The molecule has 28 heavy (non-hydrogen) atoms. The van der Waals surface area contributed by atoms with E-state index in [1.807, 2.05) is 62.4 Å². The lowest BCUT2D eigenvalue weighted by Gasteiger charge is -2.27. The number of anilines is 1. The Balaban J connectivity index is 1.85. The molecule has 3 aromatic rings. The molecule has 0 saturated heterocycles. The zero-order valence-corrected chi connectivity index (χ0v) is 15.9. The maximum atomic E-state index is 12.2. The van der Waals surface area contributed by atoms with Crippen molar-refractivity contribution in [2.24, 2.45) is 5.73 Å². The summed E-state index contributed by atoms with van der Waals surface area (Å²) in [6, 6.07) is 15.1. The molecule has 1 aliphatic rings. The van der Waals surface area contributed by atoms with Crippen LogP contribution in [0.1, 0.15) is 24.1 Å².